The Labute approximate surface area is 154 Å². The number of amidine groups is 1. The van der Waals surface area contributed by atoms with Crippen LogP contribution in [0.3, 0.4) is 0 Å². The van der Waals surface area contributed by atoms with Crippen LogP contribution in [0.5, 0.6) is 0 Å². The largest absolute Gasteiger partial charge is 0.382 e. The van der Waals surface area contributed by atoms with Crippen LogP contribution in [0.1, 0.15) is 24.1 Å². The van der Waals surface area contributed by atoms with Crippen molar-refractivity contribution in [2.45, 2.75) is 25.0 Å². The number of ketones is 1. The molecule has 1 saturated carbocycles. The molecule has 27 heavy (non-hydrogen) atoms. The zero-order chi connectivity index (χ0) is 19.0. The monoisotopic (exact) mass is 367 g/mol. The molecule has 4 rings (SSSR count). The van der Waals surface area contributed by atoms with Gasteiger partial charge in [-0.2, -0.15) is 5.10 Å². The standard InChI is InChI=1S/C19H18FN5O2/c20-14-6-2-1-4-12(14)11-25-18-13(5-3-9-22-18)16(24-25)17(21)23-10-15(26)19(27)7-8-19/h1-6,9,27H,7-8,10-11H2,(H2,21,23). The molecule has 0 bridgehead atoms. The van der Waals surface area contributed by atoms with Gasteiger partial charge in [-0.25, -0.2) is 14.1 Å². The molecule has 3 aromatic rings. The molecule has 138 valence electrons. The Bertz CT molecular complexity index is 1060. The maximum Gasteiger partial charge on any atom is 0.185 e. The first kappa shape index (κ1) is 17.3. The fourth-order valence-electron chi connectivity index (χ4n) is 2.87. The highest BCUT2D eigenvalue weighted by molar-refractivity contribution is 6.07. The van der Waals surface area contributed by atoms with Gasteiger partial charge in [0, 0.05) is 11.8 Å². The number of halogens is 1. The van der Waals surface area contributed by atoms with E-state index in [0.29, 0.717) is 35.1 Å². The highest BCUT2D eigenvalue weighted by Crippen LogP contribution is 2.35. The van der Waals surface area contributed by atoms with Crippen LogP contribution < -0.4 is 5.73 Å². The van der Waals surface area contributed by atoms with Crippen LogP contribution >= 0.6 is 0 Å². The molecule has 3 N–H and O–H groups in total. The number of fused-ring (bicyclic) bond motifs is 1. The van der Waals surface area contributed by atoms with Crippen LogP contribution in [0.25, 0.3) is 11.0 Å². The molecule has 8 heteroatoms. The molecular formula is C19H18FN5O2. The maximum absolute atomic E-state index is 14.0. The first-order valence-electron chi connectivity index (χ1n) is 8.59. The normalized spacial score (nSPS) is 15.9. The van der Waals surface area contributed by atoms with Gasteiger partial charge in [-0.15, -0.1) is 0 Å². The van der Waals surface area contributed by atoms with E-state index < -0.39 is 5.60 Å². The second kappa shape index (κ2) is 6.55. The summed E-state index contributed by atoms with van der Waals surface area (Å²) >= 11 is 0. The molecule has 1 aliphatic rings. The predicted molar refractivity (Wildman–Crippen MR) is 97.8 cm³/mol. The predicted octanol–water partition coefficient (Wildman–Crippen LogP) is 1.42. The molecule has 1 fully saturated rings. The lowest BCUT2D eigenvalue weighted by molar-refractivity contribution is -0.127. The number of Topliss-reactive ketones (excluding diaryl/α,β-unsaturated/α-hetero) is 1. The van der Waals surface area contributed by atoms with Gasteiger partial charge in [-0.1, -0.05) is 18.2 Å². The van der Waals surface area contributed by atoms with Crippen molar-refractivity contribution in [1.29, 1.82) is 0 Å². The lowest BCUT2D eigenvalue weighted by Crippen LogP contribution is -2.26. The summed E-state index contributed by atoms with van der Waals surface area (Å²) in [7, 11) is 0. The number of benzene rings is 1. The third-order valence-electron chi connectivity index (χ3n) is 4.66. The minimum atomic E-state index is -1.24. The van der Waals surface area contributed by atoms with E-state index in [0.717, 1.165) is 0 Å². The number of carbonyl (C=O) groups excluding carboxylic acids is 1. The van der Waals surface area contributed by atoms with Crippen molar-refractivity contribution >= 4 is 22.7 Å². The molecule has 7 nitrogen and oxygen atoms in total. The first-order chi connectivity index (χ1) is 13.0. The minimum absolute atomic E-state index is 0.0814. The highest BCUT2D eigenvalue weighted by atomic mass is 19.1. The summed E-state index contributed by atoms with van der Waals surface area (Å²) in [5.41, 5.74) is 6.20. The molecule has 2 heterocycles. The van der Waals surface area contributed by atoms with Crippen LogP contribution in [0.4, 0.5) is 4.39 Å². The number of pyridine rings is 1. The number of aliphatic imine (C=N–C) groups is 1. The lowest BCUT2D eigenvalue weighted by Gasteiger charge is -2.04. The molecule has 0 aliphatic heterocycles. The van der Waals surface area contributed by atoms with Crippen LogP contribution in [-0.4, -0.2) is 43.6 Å². The van der Waals surface area contributed by atoms with E-state index in [1.807, 2.05) is 0 Å². The van der Waals surface area contributed by atoms with Crippen LogP contribution in [-0.2, 0) is 11.3 Å². The molecule has 0 atom stereocenters. The maximum atomic E-state index is 14.0. The molecule has 0 unspecified atom stereocenters. The SMILES string of the molecule is NC(=NCC(=O)C1(O)CC1)c1nn(Cc2ccccc2F)c2ncccc12. The topological polar surface area (TPSA) is 106 Å². The Balaban J connectivity index is 1.67. The molecule has 0 saturated heterocycles. The third-order valence-corrected chi connectivity index (χ3v) is 4.66. The molecule has 1 aromatic carbocycles. The summed E-state index contributed by atoms with van der Waals surface area (Å²) in [5, 5.41) is 14.9. The molecular weight excluding hydrogens is 349 g/mol. The van der Waals surface area contributed by atoms with Crippen LogP contribution in [0.2, 0.25) is 0 Å². The fourth-order valence-corrected chi connectivity index (χ4v) is 2.87. The average molecular weight is 367 g/mol. The molecule has 0 amide bonds. The van der Waals surface area contributed by atoms with Gasteiger partial charge in [0.15, 0.2) is 11.4 Å². The Hall–Kier alpha value is -3.13. The van der Waals surface area contributed by atoms with Gasteiger partial charge in [0.05, 0.1) is 11.9 Å². The Morgan fingerprint density at radius 2 is 2.07 bits per heavy atom. The minimum Gasteiger partial charge on any atom is -0.382 e. The van der Waals surface area contributed by atoms with Gasteiger partial charge in [0.25, 0.3) is 0 Å². The van der Waals surface area contributed by atoms with Crippen molar-refractivity contribution < 1.29 is 14.3 Å². The number of nitrogens with two attached hydrogens (primary N) is 1. The first-order valence-corrected chi connectivity index (χ1v) is 8.59. The van der Waals surface area contributed by atoms with Gasteiger partial charge in [0.1, 0.15) is 29.5 Å². The van der Waals surface area contributed by atoms with Gasteiger partial charge in [-0.05, 0) is 31.0 Å². The van der Waals surface area contributed by atoms with Crippen molar-refractivity contribution in [2.24, 2.45) is 10.7 Å². The smallest absolute Gasteiger partial charge is 0.185 e. The zero-order valence-corrected chi connectivity index (χ0v) is 14.5. The number of hydrogen-bond donors (Lipinski definition) is 2. The second-order valence-electron chi connectivity index (χ2n) is 6.63. The Kier molecular flexibility index (Phi) is 4.19. The molecule has 0 radical (unpaired) electrons. The van der Waals surface area contributed by atoms with Crippen molar-refractivity contribution in [2.75, 3.05) is 6.54 Å². The van der Waals surface area contributed by atoms with Crippen molar-refractivity contribution in [3.63, 3.8) is 0 Å². The van der Waals surface area contributed by atoms with Gasteiger partial charge in [0.2, 0.25) is 0 Å². The second-order valence-corrected chi connectivity index (χ2v) is 6.63. The number of rotatable bonds is 6. The van der Waals surface area contributed by atoms with Crippen molar-refractivity contribution in [3.05, 3.63) is 59.7 Å². The van der Waals surface area contributed by atoms with E-state index in [2.05, 4.69) is 15.1 Å². The van der Waals surface area contributed by atoms with Gasteiger partial charge >= 0.3 is 0 Å². The van der Waals surface area contributed by atoms with Gasteiger partial charge < -0.3 is 10.8 Å². The van der Waals surface area contributed by atoms with Crippen molar-refractivity contribution in [1.82, 2.24) is 14.8 Å². The lowest BCUT2D eigenvalue weighted by atomic mass is 10.2. The summed E-state index contributed by atoms with van der Waals surface area (Å²) in [6, 6.07) is 9.98. The Morgan fingerprint density at radius 3 is 2.81 bits per heavy atom. The summed E-state index contributed by atoms with van der Waals surface area (Å²) in [6.07, 6.45) is 2.54. The average Bonchev–Trinajstić information content (AvgIpc) is 3.33. The quantitative estimate of drug-likeness (QED) is 0.506. The third kappa shape index (κ3) is 3.31. The van der Waals surface area contributed by atoms with E-state index in [9.17, 15) is 14.3 Å². The summed E-state index contributed by atoms with van der Waals surface area (Å²) in [5.74, 6) is -0.597. The summed E-state index contributed by atoms with van der Waals surface area (Å²) < 4.78 is 15.6. The zero-order valence-electron chi connectivity index (χ0n) is 14.5. The Morgan fingerprint density at radius 1 is 1.30 bits per heavy atom. The fraction of sp³-hybridized carbons (Fsp3) is 0.263. The number of aromatic nitrogens is 3. The van der Waals surface area contributed by atoms with E-state index in [-0.39, 0.29) is 30.5 Å². The summed E-state index contributed by atoms with van der Waals surface area (Å²) in [4.78, 5) is 20.3. The molecule has 1 aliphatic carbocycles. The number of hydrogen-bond acceptors (Lipinski definition) is 5. The van der Waals surface area contributed by atoms with Crippen LogP contribution in [0, 0.1) is 5.82 Å². The van der Waals surface area contributed by atoms with Crippen LogP contribution in [0.15, 0.2) is 47.6 Å². The molecule has 0 spiro atoms. The number of nitrogens with zero attached hydrogens (tertiary/aromatic N) is 4. The molecule has 2 aromatic heterocycles. The number of aliphatic hydroxyl groups is 1. The van der Waals surface area contributed by atoms with E-state index in [1.165, 1.54) is 6.07 Å². The van der Waals surface area contributed by atoms with E-state index in [1.54, 1.807) is 41.2 Å². The highest BCUT2D eigenvalue weighted by Gasteiger charge is 2.47. The van der Waals surface area contributed by atoms with Gasteiger partial charge in [-0.3, -0.25) is 9.79 Å². The van der Waals surface area contributed by atoms with Crippen molar-refractivity contribution in [3.8, 4) is 0 Å². The van der Waals surface area contributed by atoms with E-state index in [4.69, 9.17) is 5.73 Å². The van der Waals surface area contributed by atoms with E-state index >= 15 is 0 Å². The number of carbonyl (C=O) groups is 1. The summed E-state index contributed by atoms with van der Waals surface area (Å²) in [6.45, 7) is -0.0174.